The van der Waals surface area contributed by atoms with Gasteiger partial charge in [0.25, 0.3) is 11.5 Å². The molecular weight excluding hydrogens is 468 g/mol. The summed E-state index contributed by atoms with van der Waals surface area (Å²) in [5.74, 6) is 0.426. The zero-order valence-electron chi connectivity index (χ0n) is 21.8. The molecule has 1 N–H and O–H groups in total. The van der Waals surface area contributed by atoms with Gasteiger partial charge >= 0.3 is 0 Å². The van der Waals surface area contributed by atoms with Gasteiger partial charge in [-0.2, -0.15) is 0 Å². The van der Waals surface area contributed by atoms with Crippen LogP contribution in [0.2, 0.25) is 0 Å². The number of hydrogen-bond acceptors (Lipinski definition) is 6. The largest absolute Gasteiger partial charge is 0.347 e. The van der Waals surface area contributed by atoms with Crippen LogP contribution in [0.1, 0.15) is 53.7 Å². The highest BCUT2D eigenvalue weighted by Gasteiger charge is 2.37. The number of carbonyl (C=O) groups excluding carboxylic acids is 1. The molecule has 1 aliphatic heterocycles. The maximum Gasteiger partial charge on any atom is 0.280 e. The third-order valence-corrected chi connectivity index (χ3v) is 7.04. The van der Waals surface area contributed by atoms with E-state index in [1.54, 1.807) is 35.7 Å². The summed E-state index contributed by atoms with van der Waals surface area (Å²) >= 11 is 0. The first-order valence-electron chi connectivity index (χ1n) is 12.4. The number of carbonyl (C=O) groups is 1. The van der Waals surface area contributed by atoms with Crippen LogP contribution < -0.4 is 15.8 Å². The van der Waals surface area contributed by atoms with Gasteiger partial charge in [0.2, 0.25) is 0 Å². The molecular formula is C27H32N8O2. The number of rotatable bonds is 6. The molecule has 1 saturated heterocycles. The highest BCUT2D eigenvalue weighted by molar-refractivity contribution is 5.95. The minimum Gasteiger partial charge on any atom is -0.347 e. The van der Waals surface area contributed by atoms with E-state index in [9.17, 15) is 9.59 Å². The molecule has 4 aromatic rings. The molecule has 1 aliphatic rings. The predicted molar refractivity (Wildman–Crippen MR) is 142 cm³/mol. The minimum absolute atomic E-state index is 0.0773. The van der Waals surface area contributed by atoms with Crippen LogP contribution in [0.25, 0.3) is 5.65 Å². The van der Waals surface area contributed by atoms with E-state index in [1.807, 2.05) is 61.7 Å². The van der Waals surface area contributed by atoms with E-state index in [0.29, 0.717) is 25.2 Å². The molecule has 37 heavy (non-hydrogen) atoms. The second kappa shape index (κ2) is 9.68. The molecule has 4 aromatic heterocycles. The van der Waals surface area contributed by atoms with Gasteiger partial charge in [-0.1, -0.05) is 17.7 Å². The summed E-state index contributed by atoms with van der Waals surface area (Å²) in [7, 11) is 1.81. The summed E-state index contributed by atoms with van der Waals surface area (Å²) in [4.78, 5) is 37.7. The lowest BCUT2D eigenvalue weighted by Gasteiger charge is -2.25. The van der Waals surface area contributed by atoms with Crippen molar-refractivity contribution in [2.75, 3.05) is 11.4 Å². The molecule has 10 heteroatoms. The number of pyridine rings is 1. The van der Waals surface area contributed by atoms with Crippen molar-refractivity contribution >= 4 is 17.4 Å². The lowest BCUT2D eigenvalue weighted by molar-refractivity contribution is 0.0938. The first kappa shape index (κ1) is 24.5. The Kier molecular flexibility index (Phi) is 6.41. The van der Waals surface area contributed by atoms with Crippen molar-refractivity contribution in [3.63, 3.8) is 0 Å². The second-order valence-corrected chi connectivity index (χ2v) is 9.84. The standard InChI is InChI=1S/C27H32N8O2/c1-17(2)11-13-34-27(37)25(19(4)32(34)5)26(36)30-20-14-22(21-8-6-7-12-28-21)33(16-20)24-10-9-23-29-15-18(3)35(23)31-24/h6-12,15,20,22H,13-14,16H2,1-5H3,(H,30,36)/t20?,22-/m1/s1. The number of nitrogens with one attached hydrogen (secondary N) is 1. The Morgan fingerprint density at radius 1 is 1.16 bits per heavy atom. The van der Waals surface area contributed by atoms with Crippen LogP contribution in [0.15, 0.2) is 59.2 Å². The van der Waals surface area contributed by atoms with Gasteiger partial charge in [-0.25, -0.2) is 14.2 Å². The van der Waals surface area contributed by atoms with Crippen LogP contribution in [0, 0.1) is 13.8 Å². The Hall–Kier alpha value is -4.21. The summed E-state index contributed by atoms with van der Waals surface area (Å²) in [6, 6.07) is 9.47. The maximum atomic E-state index is 13.4. The van der Waals surface area contributed by atoms with Crippen molar-refractivity contribution in [1.29, 1.82) is 0 Å². The lowest BCUT2D eigenvalue weighted by atomic mass is 10.1. The number of aryl methyl sites for hydroxylation is 1. The van der Waals surface area contributed by atoms with Gasteiger partial charge < -0.3 is 10.2 Å². The molecule has 2 atom stereocenters. The monoisotopic (exact) mass is 500 g/mol. The summed E-state index contributed by atoms with van der Waals surface area (Å²) in [6.07, 6.45) is 6.18. The smallest absolute Gasteiger partial charge is 0.280 e. The van der Waals surface area contributed by atoms with E-state index >= 15 is 0 Å². The summed E-state index contributed by atoms with van der Waals surface area (Å²) in [6.45, 7) is 8.70. The molecule has 0 aromatic carbocycles. The zero-order chi connectivity index (χ0) is 26.3. The number of fused-ring (bicyclic) bond motifs is 1. The molecule has 1 fully saturated rings. The first-order chi connectivity index (χ1) is 17.7. The Morgan fingerprint density at radius 3 is 2.70 bits per heavy atom. The second-order valence-electron chi connectivity index (χ2n) is 9.84. The van der Waals surface area contributed by atoms with Gasteiger partial charge in [-0.3, -0.25) is 19.3 Å². The molecule has 192 valence electrons. The molecule has 5 heterocycles. The summed E-state index contributed by atoms with van der Waals surface area (Å²) in [5.41, 5.74) is 4.29. The fraction of sp³-hybridized carbons (Fsp3) is 0.370. The predicted octanol–water partition coefficient (Wildman–Crippen LogP) is 2.96. The molecule has 0 aliphatic carbocycles. The molecule has 5 rings (SSSR count). The quantitative estimate of drug-likeness (QED) is 0.409. The minimum atomic E-state index is -0.352. The SMILES string of the molecule is CC(C)=CCn1c(=O)c(C(=O)NC2C[C@H](c3ccccn3)N(c3ccc4ncc(C)n4n3)C2)c(C)n1C. The maximum absolute atomic E-state index is 13.4. The lowest BCUT2D eigenvalue weighted by Crippen LogP contribution is -2.39. The number of allylic oxidation sites excluding steroid dienone is 2. The fourth-order valence-corrected chi connectivity index (χ4v) is 4.93. The third kappa shape index (κ3) is 4.54. The van der Waals surface area contributed by atoms with Gasteiger partial charge in [-0.15, -0.1) is 5.10 Å². The van der Waals surface area contributed by atoms with Gasteiger partial charge in [0, 0.05) is 31.5 Å². The van der Waals surface area contributed by atoms with Crippen LogP contribution in [0.4, 0.5) is 5.82 Å². The number of aromatic nitrogens is 6. The molecule has 1 unspecified atom stereocenters. The van der Waals surface area contributed by atoms with E-state index < -0.39 is 0 Å². The van der Waals surface area contributed by atoms with E-state index in [2.05, 4.69) is 20.2 Å². The van der Waals surface area contributed by atoms with Crippen molar-refractivity contribution in [2.24, 2.45) is 7.05 Å². The van der Waals surface area contributed by atoms with E-state index in [0.717, 1.165) is 28.4 Å². The van der Waals surface area contributed by atoms with E-state index in [-0.39, 0.29) is 29.1 Å². The number of hydrogen-bond donors (Lipinski definition) is 1. The highest BCUT2D eigenvalue weighted by atomic mass is 16.2. The Bertz CT molecular complexity index is 1540. The van der Waals surface area contributed by atoms with Gasteiger partial charge in [0.15, 0.2) is 5.65 Å². The Labute approximate surface area is 215 Å². The van der Waals surface area contributed by atoms with Crippen molar-refractivity contribution in [3.05, 3.63) is 87.4 Å². The van der Waals surface area contributed by atoms with Crippen LogP contribution in [-0.2, 0) is 13.6 Å². The number of nitrogens with zero attached hydrogens (tertiary/aromatic N) is 7. The van der Waals surface area contributed by atoms with Crippen LogP contribution in [0.5, 0.6) is 0 Å². The third-order valence-electron chi connectivity index (χ3n) is 7.04. The summed E-state index contributed by atoms with van der Waals surface area (Å²) in [5, 5.41) is 7.95. The van der Waals surface area contributed by atoms with Gasteiger partial charge in [-0.05, 0) is 58.4 Å². The number of anilines is 1. The summed E-state index contributed by atoms with van der Waals surface area (Å²) < 4.78 is 5.15. The normalized spacial score (nSPS) is 17.4. The topological polar surface area (TPSA) is 102 Å². The molecule has 10 nitrogen and oxygen atoms in total. The molecule has 0 radical (unpaired) electrons. The van der Waals surface area contributed by atoms with E-state index in [1.165, 1.54) is 0 Å². The first-order valence-corrected chi connectivity index (χ1v) is 12.4. The van der Waals surface area contributed by atoms with E-state index in [4.69, 9.17) is 5.10 Å². The zero-order valence-corrected chi connectivity index (χ0v) is 21.8. The van der Waals surface area contributed by atoms with Crippen LogP contribution >= 0.6 is 0 Å². The number of imidazole rings is 1. The van der Waals surface area contributed by atoms with Crippen molar-refractivity contribution in [1.82, 2.24) is 34.3 Å². The molecule has 1 amide bonds. The molecule has 0 saturated carbocycles. The van der Waals surface area contributed by atoms with Crippen LogP contribution in [0.3, 0.4) is 0 Å². The Balaban J connectivity index is 1.44. The van der Waals surface area contributed by atoms with Gasteiger partial charge in [0.05, 0.1) is 30.2 Å². The van der Waals surface area contributed by atoms with Crippen molar-refractivity contribution < 1.29 is 4.79 Å². The van der Waals surface area contributed by atoms with Crippen molar-refractivity contribution in [2.45, 2.75) is 52.7 Å². The average molecular weight is 501 g/mol. The number of amides is 1. The molecule has 0 bridgehead atoms. The highest BCUT2D eigenvalue weighted by Crippen LogP contribution is 2.34. The molecule has 0 spiro atoms. The van der Waals surface area contributed by atoms with Crippen molar-refractivity contribution in [3.8, 4) is 0 Å². The Morgan fingerprint density at radius 2 is 1.97 bits per heavy atom. The average Bonchev–Trinajstić information content (AvgIpc) is 3.53. The fourth-order valence-electron chi connectivity index (χ4n) is 4.93. The van der Waals surface area contributed by atoms with Gasteiger partial charge in [0.1, 0.15) is 11.4 Å². The van der Waals surface area contributed by atoms with Crippen LogP contribution in [-0.4, -0.2) is 47.4 Å².